The van der Waals surface area contributed by atoms with Crippen LogP contribution in [0.2, 0.25) is 0 Å². The van der Waals surface area contributed by atoms with Gasteiger partial charge in [-0.25, -0.2) is 4.39 Å². The highest BCUT2D eigenvalue weighted by atomic mass is 19.1. The van der Waals surface area contributed by atoms with Crippen LogP contribution in [0.5, 0.6) is 5.75 Å². The molecule has 186 valence electrons. The first-order chi connectivity index (χ1) is 16.8. The van der Waals surface area contributed by atoms with Gasteiger partial charge in [-0.1, -0.05) is 19.9 Å². The van der Waals surface area contributed by atoms with E-state index in [1.165, 1.54) is 12.1 Å². The van der Waals surface area contributed by atoms with Gasteiger partial charge in [0.2, 0.25) is 0 Å². The zero-order chi connectivity index (χ0) is 25.3. The molecule has 3 atom stereocenters. The van der Waals surface area contributed by atoms with Crippen LogP contribution in [0.3, 0.4) is 0 Å². The number of nitrogens with zero attached hydrogens (tertiary/aromatic N) is 6. The lowest BCUT2D eigenvalue weighted by Crippen LogP contribution is -2.58. The van der Waals surface area contributed by atoms with Crippen LogP contribution in [0.1, 0.15) is 45.2 Å². The number of nitriles is 1. The molecule has 0 bridgehead atoms. The smallest absolute Gasteiger partial charge is 0.252 e. The third-order valence-corrected chi connectivity index (χ3v) is 7.30. The van der Waals surface area contributed by atoms with Crippen molar-refractivity contribution < 1.29 is 9.13 Å². The maximum Gasteiger partial charge on any atom is 0.252 e. The Hall–Kier alpha value is -3.38. The Bertz CT molecular complexity index is 1310. The van der Waals surface area contributed by atoms with E-state index in [-0.39, 0.29) is 36.0 Å². The summed E-state index contributed by atoms with van der Waals surface area (Å²) in [6.45, 7) is 8.10. The lowest BCUT2D eigenvalue weighted by molar-refractivity contribution is 0.0997. The average Bonchev–Trinajstić information content (AvgIpc) is 3.29. The number of anilines is 1. The standard InChI is InChI=1S/C26H33FN6O2/c1-6-19-15-33(22-13-25(34)30(4)23-16-31(11-10-28)29-26(22)23)20(7-2)14-32(19)17(3)21-9-8-18(27)12-24(21)35-5/h8-9,12-13,16-17,19-20H,6-7,11,14-15H2,1-5H3/t17-,19+,20-/m0/s1. The van der Waals surface area contributed by atoms with E-state index in [9.17, 15) is 9.18 Å². The van der Waals surface area contributed by atoms with Crippen molar-refractivity contribution in [2.75, 3.05) is 25.1 Å². The number of aromatic nitrogens is 3. The number of aryl methyl sites for hydroxylation is 1. The van der Waals surface area contributed by atoms with Crippen LogP contribution in [0.15, 0.2) is 35.3 Å². The summed E-state index contributed by atoms with van der Waals surface area (Å²) in [5.74, 6) is 0.241. The molecule has 1 aromatic carbocycles. The molecule has 2 aromatic heterocycles. The first-order valence-corrected chi connectivity index (χ1v) is 12.1. The van der Waals surface area contributed by atoms with Gasteiger partial charge >= 0.3 is 0 Å². The number of benzene rings is 1. The van der Waals surface area contributed by atoms with Crippen molar-refractivity contribution >= 4 is 16.7 Å². The molecule has 0 saturated carbocycles. The van der Waals surface area contributed by atoms with Crippen LogP contribution in [0.4, 0.5) is 10.1 Å². The van der Waals surface area contributed by atoms with E-state index in [1.807, 2.05) is 6.07 Å². The molecule has 3 heterocycles. The highest BCUT2D eigenvalue weighted by Crippen LogP contribution is 2.37. The molecule has 4 rings (SSSR count). The number of ether oxygens (including phenoxy) is 1. The Labute approximate surface area is 205 Å². The lowest BCUT2D eigenvalue weighted by Gasteiger charge is -2.49. The van der Waals surface area contributed by atoms with Gasteiger partial charge in [-0.2, -0.15) is 10.4 Å². The normalized spacial score (nSPS) is 19.6. The van der Waals surface area contributed by atoms with Gasteiger partial charge in [0.1, 0.15) is 23.6 Å². The van der Waals surface area contributed by atoms with Crippen LogP contribution in [0, 0.1) is 17.1 Å². The SMILES string of the molecule is CC[C@H]1CN([C@@H](C)c2ccc(F)cc2OC)[C@H](CC)CN1c1cc(=O)n(C)c2cn(CC#N)nc12. The number of pyridine rings is 1. The number of methoxy groups -OCH3 is 1. The van der Waals surface area contributed by atoms with E-state index in [2.05, 4.69) is 41.7 Å². The van der Waals surface area contributed by atoms with E-state index >= 15 is 0 Å². The third kappa shape index (κ3) is 4.50. The van der Waals surface area contributed by atoms with Crippen LogP contribution in [-0.2, 0) is 13.6 Å². The summed E-state index contributed by atoms with van der Waals surface area (Å²) in [5.41, 5.74) is 3.13. The van der Waals surface area contributed by atoms with Gasteiger partial charge < -0.3 is 14.2 Å². The fourth-order valence-corrected chi connectivity index (χ4v) is 5.28. The summed E-state index contributed by atoms with van der Waals surface area (Å²) in [4.78, 5) is 17.6. The molecule has 1 fully saturated rings. The monoisotopic (exact) mass is 480 g/mol. The van der Waals surface area contributed by atoms with E-state index < -0.39 is 0 Å². The van der Waals surface area contributed by atoms with Crippen LogP contribution >= 0.6 is 0 Å². The third-order valence-electron chi connectivity index (χ3n) is 7.30. The molecule has 0 spiro atoms. The molecule has 1 saturated heterocycles. The quantitative estimate of drug-likeness (QED) is 0.511. The minimum atomic E-state index is -0.313. The van der Waals surface area contributed by atoms with Gasteiger partial charge in [0.25, 0.3) is 5.56 Å². The second-order valence-corrected chi connectivity index (χ2v) is 9.18. The van der Waals surface area contributed by atoms with E-state index in [0.29, 0.717) is 5.75 Å². The van der Waals surface area contributed by atoms with Crippen LogP contribution in [0.25, 0.3) is 11.0 Å². The summed E-state index contributed by atoms with van der Waals surface area (Å²) in [6, 6.07) is 8.92. The molecule has 0 amide bonds. The molecule has 1 aliphatic heterocycles. The number of hydrogen-bond donors (Lipinski definition) is 0. The van der Waals surface area contributed by atoms with Gasteiger partial charge in [-0.3, -0.25) is 14.4 Å². The highest BCUT2D eigenvalue weighted by Gasteiger charge is 2.37. The van der Waals surface area contributed by atoms with Crippen molar-refractivity contribution in [3.63, 3.8) is 0 Å². The van der Waals surface area contributed by atoms with Crippen LogP contribution in [-0.4, -0.2) is 51.5 Å². The topological polar surface area (TPSA) is 79.3 Å². The Morgan fingerprint density at radius 3 is 2.63 bits per heavy atom. The number of rotatable bonds is 7. The molecule has 8 nitrogen and oxygen atoms in total. The zero-order valence-corrected chi connectivity index (χ0v) is 21.0. The molecule has 9 heteroatoms. The van der Waals surface area contributed by atoms with E-state index in [1.54, 1.807) is 35.7 Å². The van der Waals surface area contributed by atoms with Gasteiger partial charge in [-0.15, -0.1) is 0 Å². The number of hydrogen-bond acceptors (Lipinski definition) is 6. The minimum absolute atomic E-state index is 0.0326. The molecule has 0 unspecified atom stereocenters. The van der Waals surface area contributed by atoms with E-state index in [4.69, 9.17) is 10.00 Å². The summed E-state index contributed by atoms with van der Waals surface area (Å²) < 4.78 is 22.5. The summed E-state index contributed by atoms with van der Waals surface area (Å²) in [5, 5.41) is 13.8. The van der Waals surface area contributed by atoms with Gasteiger partial charge in [0, 0.05) is 56.0 Å². The minimum Gasteiger partial charge on any atom is -0.496 e. The Morgan fingerprint density at radius 2 is 1.97 bits per heavy atom. The maximum atomic E-state index is 13.8. The summed E-state index contributed by atoms with van der Waals surface area (Å²) in [6.07, 6.45) is 3.56. The van der Waals surface area contributed by atoms with E-state index in [0.717, 1.165) is 48.2 Å². The molecular formula is C26H33FN6O2. The lowest BCUT2D eigenvalue weighted by atomic mass is 9.96. The molecule has 3 aromatic rings. The first-order valence-electron chi connectivity index (χ1n) is 12.1. The zero-order valence-electron chi connectivity index (χ0n) is 21.0. The van der Waals surface area contributed by atoms with Gasteiger partial charge in [0.05, 0.1) is 30.6 Å². The maximum absolute atomic E-state index is 13.8. The highest BCUT2D eigenvalue weighted by molar-refractivity contribution is 5.88. The second kappa shape index (κ2) is 10.1. The molecule has 1 aliphatic rings. The van der Waals surface area contributed by atoms with Crippen molar-refractivity contribution in [1.82, 2.24) is 19.2 Å². The number of fused-ring (bicyclic) bond motifs is 1. The predicted molar refractivity (Wildman–Crippen MR) is 134 cm³/mol. The van der Waals surface area contributed by atoms with Crippen molar-refractivity contribution in [2.24, 2.45) is 7.05 Å². The van der Waals surface area contributed by atoms with Crippen molar-refractivity contribution in [3.05, 3.63) is 52.2 Å². The van der Waals surface area contributed by atoms with Gasteiger partial charge in [0.15, 0.2) is 0 Å². The molecule has 0 aliphatic carbocycles. The molecule has 0 radical (unpaired) electrons. The van der Waals surface area contributed by atoms with Crippen molar-refractivity contribution in [3.8, 4) is 11.8 Å². The fraction of sp³-hybridized carbons (Fsp3) is 0.500. The van der Waals surface area contributed by atoms with Crippen molar-refractivity contribution in [2.45, 2.75) is 58.3 Å². The van der Waals surface area contributed by atoms with Gasteiger partial charge in [-0.05, 0) is 25.8 Å². The molecule has 0 N–H and O–H groups in total. The number of halogens is 1. The Morgan fingerprint density at radius 1 is 1.23 bits per heavy atom. The average molecular weight is 481 g/mol. The first kappa shape index (κ1) is 24.7. The Balaban J connectivity index is 1.73. The molecular weight excluding hydrogens is 447 g/mol. The Kier molecular flexibility index (Phi) is 7.13. The molecule has 35 heavy (non-hydrogen) atoms. The largest absolute Gasteiger partial charge is 0.496 e. The van der Waals surface area contributed by atoms with Crippen molar-refractivity contribution in [1.29, 1.82) is 5.26 Å². The summed E-state index contributed by atoms with van der Waals surface area (Å²) >= 11 is 0. The fourth-order valence-electron chi connectivity index (χ4n) is 5.28. The number of piperazine rings is 1. The predicted octanol–water partition coefficient (Wildman–Crippen LogP) is 3.85. The second-order valence-electron chi connectivity index (χ2n) is 9.18. The van der Waals surface area contributed by atoms with Crippen LogP contribution < -0.4 is 15.2 Å². The summed E-state index contributed by atoms with van der Waals surface area (Å²) in [7, 11) is 3.30.